The Bertz CT molecular complexity index is 1350. The van der Waals surface area contributed by atoms with Gasteiger partial charge in [-0.05, 0) is 29.7 Å². The number of hydrogen-bond acceptors (Lipinski definition) is 7. The molecule has 0 bridgehead atoms. The number of amides is 1. The summed E-state index contributed by atoms with van der Waals surface area (Å²) in [5.74, 6) is -1.61. The zero-order chi connectivity index (χ0) is 26.9. The van der Waals surface area contributed by atoms with Crippen LogP contribution in [0.4, 0.5) is 5.69 Å². The van der Waals surface area contributed by atoms with Gasteiger partial charge in [0.1, 0.15) is 17.1 Å². The fourth-order valence-corrected chi connectivity index (χ4v) is 4.87. The number of carbonyl (C=O) groups is 3. The summed E-state index contributed by atoms with van der Waals surface area (Å²) in [4.78, 5) is 38.7. The maximum Gasteiger partial charge on any atom is 0.340 e. The predicted octanol–water partition coefficient (Wildman–Crippen LogP) is 5.11. The van der Waals surface area contributed by atoms with E-state index in [1.54, 1.807) is 36.4 Å². The van der Waals surface area contributed by atoms with Crippen LogP contribution in [0.25, 0.3) is 0 Å². The lowest BCUT2D eigenvalue weighted by molar-refractivity contribution is -0.136. The number of ketones is 1. The van der Waals surface area contributed by atoms with Crippen LogP contribution in [0.2, 0.25) is 10.0 Å². The maximum atomic E-state index is 13.3. The molecular weight excluding hydrogens is 519 g/mol. The summed E-state index contributed by atoms with van der Waals surface area (Å²) >= 11 is 11.9. The summed E-state index contributed by atoms with van der Waals surface area (Å²) in [6, 6.07) is 11.5. The third kappa shape index (κ3) is 5.60. The van der Waals surface area contributed by atoms with Gasteiger partial charge in [-0.15, -0.1) is 0 Å². The molecule has 2 aromatic carbocycles. The predicted molar refractivity (Wildman–Crippen MR) is 139 cm³/mol. The van der Waals surface area contributed by atoms with Gasteiger partial charge >= 0.3 is 5.97 Å². The van der Waals surface area contributed by atoms with Crippen molar-refractivity contribution in [3.8, 4) is 5.75 Å². The molecule has 0 radical (unpaired) electrons. The number of hydrogen-bond donors (Lipinski definition) is 2. The highest BCUT2D eigenvalue weighted by Crippen LogP contribution is 2.49. The lowest BCUT2D eigenvalue weighted by Crippen LogP contribution is -2.35. The minimum absolute atomic E-state index is 0.00520. The van der Waals surface area contributed by atoms with Crippen LogP contribution in [-0.4, -0.2) is 31.4 Å². The van der Waals surface area contributed by atoms with E-state index in [-0.39, 0.29) is 35.7 Å². The minimum Gasteiger partial charge on any atom is -0.483 e. The van der Waals surface area contributed by atoms with Crippen molar-refractivity contribution < 1.29 is 28.6 Å². The summed E-state index contributed by atoms with van der Waals surface area (Å²) in [7, 11) is 1.23. The minimum atomic E-state index is -0.880. The Morgan fingerprint density at radius 1 is 1.14 bits per heavy atom. The van der Waals surface area contributed by atoms with Crippen molar-refractivity contribution in [1.29, 1.82) is 0 Å². The molecule has 1 atom stereocenters. The summed E-state index contributed by atoms with van der Waals surface area (Å²) < 4.78 is 16.6. The molecule has 194 valence electrons. The van der Waals surface area contributed by atoms with Gasteiger partial charge < -0.3 is 25.3 Å². The largest absolute Gasteiger partial charge is 0.483 e. The normalized spacial score (nSPS) is 18.6. The zero-order valence-corrected chi connectivity index (χ0v) is 22.0. The van der Waals surface area contributed by atoms with E-state index < -0.39 is 17.8 Å². The first-order valence-electron chi connectivity index (χ1n) is 11.5. The highest BCUT2D eigenvalue weighted by molar-refractivity contribution is 6.42. The topological polar surface area (TPSA) is 117 Å². The fraction of sp³-hybridized carbons (Fsp3) is 0.296. The van der Waals surface area contributed by atoms with Gasteiger partial charge in [-0.3, -0.25) is 9.59 Å². The quantitative estimate of drug-likeness (QED) is 0.485. The molecule has 2 aliphatic rings. The number of nitrogens with two attached hydrogens (primary N) is 1. The van der Waals surface area contributed by atoms with Crippen molar-refractivity contribution in [2.75, 3.05) is 19.0 Å². The van der Waals surface area contributed by atoms with Crippen LogP contribution in [-0.2, 0) is 23.9 Å². The van der Waals surface area contributed by atoms with Gasteiger partial charge in [-0.2, -0.15) is 0 Å². The smallest absolute Gasteiger partial charge is 0.340 e. The fourth-order valence-electron chi connectivity index (χ4n) is 4.57. The number of para-hydroxylation sites is 1. The van der Waals surface area contributed by atoms with Gasteiger partial charge in [-0.1, -0.05) is 55.2 Å². The average Bonchev–Trinajstić information content (AvgIpc) is 2.83. The van der Waals surface area contributed by atoms with E-state index in [9.17, 15) is 14.4 Å². The summed E-state index contributed by atoms with van der Waals surface area (Å²) in [5, 5.41) is 3.36. The molecule has 1 heterocycles. The van der Waals surface area contributed by atoms with Gasteiger partial charge in [0.15, 0.2) is 12.4 Å². The molecule has 37 heavy (non-hydrogen) atoms. The summed E-state index contributed by atoms with van der Waals surface area (Å²) in [6.45, 7) is 3.58. The van der Waals surface area contributed by atoms with Crippen LogP contribution < -0.4 is 15.8 Å². The van der Waals surface area contributed by atoms with E-state index in [4.69, 9.17) is 43.1 Å². The Kier molecular flexibility index (Phi) is 7.52. The third-order valence-electron chi connectivity index (χ3n) is 6.15. The lowest BCUT2D eigenvalue weighted by Gasteiger charge is -2.38. The van der Waals surface area contributed by atoms with E-state index in [2.05, 4.69) is 5.32 Å². The van der Waals surface area contributed by atoms with Crippen LogP contribution in [0.3, 0.4) is 0 Å². The van der Waals surface area contributed by atoms with E-state index in [1.165, 1.54) is 13.2 Å². The highest BCUT2D eigenvalue weighted by Gasteiger charge is 2.45. The monoisotopic (exact) mass is 544 g/mol. The van der Waals surface area contributed by atoms with Crippen LogP contribution >= 0.6 is 23.2 Å². The van der Waals surface area contributed by atoms with E-state index >= 15 is 0 Å². The van der Waals surface area contributed by atoms with Crippen molar-refractivity contribution in [1.82, 2.24) is 0 Å². The van der Waals surface area contributed by atoms with E-state index in [1.807, 2.05) is 13.8 Å². The second kappa shape index (κ2) is 10.5. The maximum absolute atomic E-state index is 13.3. The molecule has 0 aromatic heterocycles. The molecule has 0 fully saturated rings. The molecule has 1 aliphatic heterocycles. The van der Waals surface area contributed by atoms with Gasteiger partial charge in [0.2, 0.25) is 5.88 Å². The van der Waals surface area contributed by atoms with Crippen molar-refractivity contribution in [2.24, 2.45) is 11.1 Å². The first-order chi connectivity index (χ1) is 17.5. The first-order valence-corrected chi connectivity index (χ1v) is 12.2. The van der Waals surface area contributed by atoms with Gasteiger partial charge in [-0.25, -0.2) is 4.79 Å². The van der Waals surface area contributed by atoms with Crippen molar-refractivity contribution in [3.05, 3.63) is 80.9 Å². The van der Waals surface area contributed by atoms with Gasteiger partial charge in [0.05, 0.1) is 23.1 Å². The van der Waals surface area contributed by atoms with Gasteiger partial charge in [0, 0.05) is 29.7 Å². The van der Waals surface area contributed by atoms with E-state index in [0.29, 0.717) is 44.8 Å². The second-order valence-corrected chi connectivity index (χ2v) is 10.4. The molecule has 2 aromatic rings. The average molecular weight is 545 g/mol. The highest BCUT2D eigenvalue weighted by atomic mass is 35.5. The lowest BCUT2D eigenvalue weighted by atomic mass is 9.70. The number of anilines is 1. The van der Waals surface area contributed by atoms with Crippen LogP contribution in [0.5, 0.6) is 5.75 Å². The van der Waals surface area contributed by atoms with Crippen molar-refractivity contribution in [2.45, 2.75) is 32.6 Å². The van der Waals surface area contributed by atoms with Crippen LogP contribution in [0.15, 0.2) is 65.3 Å². The molecule has 0 spiro atoms. The Balaban J connectivity index is 1.67. The Hall–Kier alpha value is -3.49. The van der Waals surface area contributed by atoms with Crippen molar-refractivity contribution >= 4 is 46.5 Å². The van der Waals surface area contributed by atoms with Crippen LogP contribution in [0, 0.1) is 5.41 Å². The summed E-state index contributed by atoms with van der Waals surface area (Å²) in [5.41, 5.74) is 7.14. The molecule has 1 unspecified atom stereocenters. The first kappa shape index (κ1) is 26.6. The van der Waals surface area contributed by atoms with Crippen molar-refractivity contribution in [3.63, 3.8) is 0 Å². The molecule has 0 saturated carbocycles. The number of rotatable bonds is 6. The van der Waals surface area contributed by atoms with E-state index in [0.717, 1.165) is 0 Å². The standard InChI is InChI=1S/C27H26Cl2N2O6/c1-27(2)11-18(32)23-20(12-27)37-25(30)24(26(34)35-3)22(23)15-6-4-5-7-19(15)36-13-21(33)31-14-8-9-16(28)17(29)10-14/h4-10,22H,11-13,30H2,1-3H3,(H,31,33). The molecule has 0 saturated heterocycles. The number of benzene rings is 2. The molecule has 10 heteroatoms. The molecule has 1 aliphatic carbocycles. The molecule has 3 N–H and O–H groups in total. The summed E-state index contributed by atoms with van der Waals surface area (Å²) in [6.07, 6.45) is 0.740. The zero-order valence-electron chi connectivity index (χ0n) is 20.5. The number of nitrogens with one attached hydrogen (secondary N) is 1. The number of Topliss-reactive ketones (excluding diaryl/α,β-unsaturated/α-hetero) is 1. The number of ether oxygens (including phenoxy) is 3. The third-order valence-corrected chi connectivity index (χ3v) is 6.89. The molecule has 4 rings (SSSR count). The SMILES string of the molecule is COC(=O)C1=C(N)OC2=C(C(=O)CC(C)(C)C2)C1c1ccccc1OCC(=O)Nc1ccc(Cl)c(Cl)c1. The number of esters is 1. The molecular formula is C27H26Cl2N2O6. The second-order valence-electron chi connectivity index (χ2n) is 9.59. The number of allylic oxidation sites excluding steroid dienone is 2. The Morgan fingerprint density at radius 2 is 1.86 bits per heavy atom. The number of carbonyl (C=O) groups excluding carboxylic acids is 3. The van der Waals surface area contributed by atoms with Crippen LogP contribution in [0.1, 0.15) is 38.2 Å². The number of methoxy groups -OCH3 is 1. The molecule has 8 nitrogen and oxygen atoms in total. The Morgan fingerprint density at radius 3 is 2.57 bits per heavy atom. The molecule has 1 amide bonds. The number of halogens is 2. The Labute approximate surface area is 224 Å². The van der Waals surface area contributed by atoms with Gasteiger partial charge in [0.25, 0.3) is 5.91 Å².